The Bertz CT molecular complexity index is 2520. The van der Waals surface area contributed by atoms with Crippen molar-refractivity contribution >= 4 is 34.4 Å². The van der Waals surface area contributed by atoms with Gasteiger partial charge in [0.15, 0.2) is 24.8 Å². The van der Waals surface area contributed by atoms with E-state index in [0.29, 0.717) is 38.9 Å². The normalized spacial score (nSPS) is 30.9. The highest BCUT2D eigenvalue weighted by atomic mass is 16.7. The van der Waals surface area contributed by atoms with Crippen molar-refractivity contribution in [1.82, 2.24) is 24.9 Å². The summed E-state index contributed by atoms with van der Waals surface area (Å²) in [7, 11) is 0. The van der Waals surface area contributed by atoms with Crippen LogP contribution < -0.4 is 5.32 Å². The Kier molecular flexibility index (Phi) is 19.0. The number of nitrogens with one attached hydrogen (secondary N) is 1. The van der Waals surface area contributed by atoms with Gasteiger partial charge in [-0.1, -0.05) is 62.4 Å². The summed E-state index contributed by atoms with van der Waals surface area (Å²) >= 11 is 0. The zero-order valence-electron chi connectivity index (χ0n) is 42.1. The molecule has 2 aliphatic carbocycles. The van der Waals surface area contributed by atoms with Crippen LogP contribution in [0.4, 0.5) is 5.69 Å². The van der Waals surface area contributed by atoms with Gasteiger partial charge in [-0.25, -0.2) is 9.59 Å². The number of aliphatic hydroxyl groups excluding tert-OH is 5. The van der Waals surface area contributed by atoms with Crippen LogP contribution in [0.3, 0.4) is 0 Å². The first-order valence-electron chi connectivity index (χ1n) is 26.1. The van der Waals surface area contributed by atoms with Crippen molar-refractivity contribution in [3.05, 3.63) is 88.4 Å². The monoisotopic (exact) mass is 1050 g/mol. The van der Waals surface area contributed by atoms with E-state index in [4.69, 9.17) is 28.4 Å². The van der Waals surface area contributed by atoms with Crippen LogP contribution in [0.15, 0.2) is 67.0 Å². The molecule has 0 spiro atoms. The zero-order chi connectivity index (χ0) is 53.3. The molecule has 4 fully saturated rings. The van der Waals surface area contributed by atoms with Crippen LogP contribution in [-0.4, -0.2) is 166 Å². The summed E-state index contributed by atoms with van der Waals surface area (Å²) in [5, 5.41) is 88.5. The maximum atomic E-state index is 14.1. The van der Waals surface area contributed by atoms with Crippen LogP contribution in [0, 0.1) is 27.9 Å². The van der Waals surface area contributed by atoms with Gasteiger partial charge in [-0.3, -0.25) is 19.6 Å². The number of fused-ring (bicyclic) bond motifs is 1. The minimum atomic E-state index is -1.70. The lowest BCUT2D eigenvalue weighted by Crippen LogP contribution is -2.64. The van der Waals surface area contributed by atoms with E-state index in [0.717, 1.165) is 48.7 Å². The van der Waals surface area contributed by atoms with E-state index in [2.05, 4.69) is 15.6 Å². The predicted molar refractivity (Wildman–Crippen MR) is 263 cm³/mol. The Labute approximate surface area is 433 Å². The fourth-order valence-electron chi connectivity index (χ4n) is 10.9. The number of aliphatic carboxylic acids is 1. The maximum Gasteiger partial charge on any atom is 0.338 e. The first-order chi connectivity index (χ1) is 36.1. The molecule has 8 rings (SSSR count). The van der Waals surface area contributed by atoms with Crippen LogP contribution in [0.2, 0.25) is 0 Å². The molecule has 2 aliphatic heterocycles. The third-order valence-electron chi connectivity index (χ3n) is 15.1. The lowest BCUT2D eigenvalue weighted by atomic mass is 9.77. The summed E-state index contributed by atoms with van der Waals surface area (Å²) in [5.74, 6) is -3.62. The molecule has 2 aromatic heterocycles. The third kappa shape index (κ3) is 13.7. The number of nitro benzene ring substituents is 1. The number of carboxylic acids is 1. The molecule has 2 saturated carbocycles. The fraction of sp³-hybridized carbons (Fsp3) is 0.635. The number of carbonyl (C=O) groups is 3. The van der Waals surface area contributed by atoms with Crippen LogP contribution in [0.5, 0.6) is 0 Å². The van der Waals surface area contributed by atoms with Gasteiger partial charge in [0.05, 0.1) is 47.6 Å². The molecule has 23 heteroatoms. The average molecular weight is 1050 g/mol. The molecule has 410 valence electrons. The molecule has 4 heterocycles. The highest BCUT2D eigenvalue weighted by molar-refractivity contribution is 5.89. The highest BCUT2D eigenvalue weighted by Crippen LogP contribution is 2.39. The molecule has 1 amide bonds. The molecule has 7 N–H and O–H groups in total. The predicted octanol–water partition coefficient (Wildman–Crippen LogP) is 3.04. The number of amides is 1. The summed E-state index contributed by atoms with van der Waals surface area (Å²) < 4.78 is 41.2. The molecular formula is C52H70N6O17. The number of nitro groups is 1. The summed E-state index contributed by atoms with van der Waals surface area (Å²) in [4.78, 5) is 51.5. The van der Waals surface area contributed by atoms with Crippen molar-refractivity contribution < 1.29 is 78.4 Å². The van der Waals surface area contributed by atoms with Gasteiger partial charge in [0.25, 0.3) is 5.69 Å². The number of hydrogen-bond donors (Lipinski definition) is 7. The number of aliphatic hydroxyl groups is 5. The molecule has 2 aromatic carbocycles. The Morgan fingerprint density at radius 2 is 1.65 bits per heavy atom. The standard InChI is InChI=1S/C52H70N6O17/c1-29-23-34(48(64)53-19-10-9-15-35-27-57(55-54-35)22-21-56-20-18-33-25-36(58(68)69)16-17-37(33)56)26-38(45(29)75-51-44(63)43(62)41(60)30(2)70-51)72-52-47(74-50(67)32-13-7-4-8-14-32)46(42(61)40(28-59)73-52)71-39(49(65)66)24-31-11-5-3-6-12-31/h4,7-8,13-14,16-18,20,25,27,29-31,34,38-47,51-52,59-63H,3,5-6,9-12,15,19,21-24,26,28H2,1-2H3,(H,53,64)(H,65,66)/t29?,30?,34?,38-,39-,40?,41+,42-,43?,44?,45?,46?,47?,51-,52+/m0/s1. The van der Waals surface area contributed by atoms with Gasteiger partial charge < -0.3 is 68.9 Å². The summed E-state index contributed by atoms with van der Waals surface area (Å²) in [6.07, 6.45) is -8.25. The van der Waals surface area contributed by atoms with Crippen LogP contribution in [-0.2, 0) is 57.5 Å². The second-order valence-corrected chi connectivity index (χ2v) is 20.5. The largest absolute Gasteiger partial charge is 0.479 e. The average Bonchev–Trinajstić information content (AvgIpc) is 4.05. The van der Waals surface area contributed by atoms with Gasteiger partial charge in [-0.2, -0.15) is 0 Å². The first kappa shape index (κ1) is 55.8. The van der Waals surface area contributed by atoms with Gasteiger partial charge in [-0.15, -0.1) is 5.10 Å². The molecule has 23 nitrogen and oxygen atoms in total. The maximum absolute atomic E-state index is 14.1. The van der Waals surface area contributed by atoms with Gasteiger partial charge >= 0.3 is 11.9 Å². The SMILES string of the molecule is CC1CC(C(=O)NCCCCc2cn(CCn3ccc4cc([N+](=O)[O-])ccc43)nn2)C[C@H](O[C@@H]2OC(CO)[C@H](O)C(O[C@@H](CC3CCCCC3)C(=O)O)C2OC(=O)c2ccccc2)C1O[C@@H]1OC(C)[C@@H](O)C(O)C1O. The van der Waals surface area contributed by atoms with Crippen molar-refractivity contribution in [2.24, 2.45) is 17.8 Å². The lowest BCUT2D eigenvalue weighted by Gasteiger charge is -2.48. The first-order valence-corrected chi connectivity index (χ1v) is 26.1. The number of benzene rings is 2. The number of hydrogen-bond acceptors (Lipinski definition) is 18. The van der Waals surface area contributed by atoms with Crippen molar-refractivity contribution in [1.29, 1.82) is 0 Å². The number of carbonyl (C=O) groups excluding carboxylic acids is 2. The van der Waals surface area contributed by atoms with Gasteiger partial charge in [0.2, 0.25) is 5.91 Å². The molecule has 75 heavy (non-hydrogen) atoms. The second-order valence-electron chi connectivity index (χ2n) is 20.5. The van der Waals surface area contributed by atoms with Gasteiger partial charge in [-0.05, 0) is 81.5 Å². The van der Waals surface area contributed by atoms with Crippen molar-refractivity contribution in [3.8, 4) is 0 Å². The molecule has 0 bridgehead atoms. The summed E-state index contributed by atoms with van der Waals surface area (Å²) in [5.41, 5.74) is 1.79. The highest BCUT2D eigenvalue weighted by Gasteiger charge is 2.54. The van der Waals surface area contributed by atoms with E-state index in [1.165, 1.54) is 25.1 Å². The number of non-ortho nitro benzene ring substituents is 1. The van der Waals surface area contributed by atoms with E-state index in [9.17, 15) is 55.1 Å². The molecule has 9 unspecified atom stereocenters. The Morgan fingerprint density at radius 3 is 2.39 bits per heavy atom. The number of carboxylic acid groups (broad SMARTS) is 1. The van der Waals surface area contributed by atoms with Gasteiger partial charge in [0, 0.05) is 54.4 Å². The molecular weight excluding hydrogens is 981 g/mol. The van der Waals surface area contributed by atoms with E-state index in [1.807, 2.05) is 23.0 Å². The molecule has 4 aromatic rings. The summed E-state index contributed by atoms with van der Waals surface area (Å²) in [6, 6.07) is 14.5. The van der Waals surface area contributed by atoms with Crippen LogP contribution in [0.25, 0.3) is 10.9 Å². The molecule has 15 atom stereocenters. The van der Waals surface area contributed by atoms with Crippen LogP contribution in [0.1, 0.15) is 94.1 Å². The number of aryl methyl sites for hydroxylation is 3. The lowest BCUT2D eigenvalue weighted by molar-refractivity contribution is -0.384. The third-order valence-corrected chi connectivity index (χ3v) is 15.1. The van der Waals surface area contributed by atoms with Gasteiger partial charge in [0.1, 0.15) is 36.6 Å². The Morgan fingerprint density at radius 1 is 0.880 bits per heavy atom. The van der Waals surface area contributed by atoms with E-state index in [1.54, 1.807) is 41.9 Å². The van der Waals surface area contributed by atoms with Crippen LogP contribution >= 0.6 is 0 Å². The molecule has 2 saturated heterocycles. The minimum Gasteiger partial charge on any atom is -0.479 e. The van der Waals surface area contributed by atoms with Crippen molar-refractivity contribution in [2.45, 2.75) is 177 Å². The topological polar surface area (TPSA) is 319 Å². The number of unbranched alkanes of at least 4 members (excludes halogenated alkanes) is 1. The van der Waals surface area contributed by atoms with E-state index >= 15 is 0 Å². The van der Waals surface area contributed by atoms with E-state index < -0.39 is 115 Å². The number of esters is 1. The number of ether oxygens (including phenoxy) is 6. The number of aromatic nitrogens is 4. The van der Waals surface area contributed by atoms with Crippen molar-refractivity contribution in [2.75, 3.05) is 13.2 Å². The second kappa shape index (κ2) is 25.6. The Hall–Kier alpha value is -5.47. The fourth-order valence-corrected chi connectivity index (χ4v) is 10.9. The van der Waals surface area contributed by atoms with E-state index in [-0.39, 0.29) is 42.3 Å². The van der Waals surface area contributed by atoms with Crippen molar-refractivity contribution in [3.63, 3.8) is 0 Å². The quantitative estimate of drug-likeness (QED) is 0.0257. The molecule has 4 aliphatic rings. The minimum absolute atomic E-state index is 0.0251. The summed E-state index contributed by atoms with van der Waals surface area (Å²) in [6.45, 7) is 3.96. The Balaban J connectivity index is 0.954. The zero-order valence-corrected chi connectivity index (χ0v) is 42.1. The number of rotatable bonds is 22. The number of nitrogens with zero attached hydrogens (tertiary/aromatic N) is 5. The smallest absolute Gasteiger partial charge is 0.338 e. The molecule has 0 radical (unpaired) electrons.